The number of hydrogen-bond acceptors (Lipinski definition) is 12. The van der Waals surface area contributed by atoms with Crippen LogP contribution in [0.4, 0.5) is 5.69 Å². The smallest absolute Gasteiger partial charge is 0.224 e. The van der Waals surface area contributed by atoms with E-state index in [-0.39, 0.29) is 18.5 Å². The van der Waals surface area contributed by atoms with Gasteiger partial charge in [-0.1, -0.05) is 12.5 Å². The molecule has 0 heterocycles. The molecule has 0 aliphatic heterocycles. The second-order valence-corrected chi connectivity index (χ2v) is 15.5. The van der Waals surface area contributed by atoms with E-state index in [1.165, 1.54) is 0 Å². The zero-order chi connectivity index (χ0) is 41.5. The first-order valence-electron chi connectivity index (χ1n) is 17.6. The lowest BCUT2D eigenvalue weighted by atomic mass is 10.2. The molecule has 2 N–H and O–H groups in total. The molecule has 1 amide bonds. The molecule has 13 nitrogen and oxygen atoms in total. The molecule has 0 fully saturated rings. The lowest BCUT2D eigenvalue weighted by Crippen LogP contribution is -2.39. The van der Waals surface area contributed by atoms with Gasteiger partial charge < -0.3 is 53.3 Å². The van der Waals surface area contributed by atoms with Crippen LogP contribution in [0.15, 0.2) is 72.9 Å². The van der Waals surface area contributed by atoms with Crippen LogP contribution >= 0.6 is 7.26 Å². The highest BCUT2D eigenvalue weighted by atomic mass is 31.2. The molecule has 4 aromatic carbocycles. The van der Waals surface area contributed by atoms with Crippen molar-refractivity contribution in [3.05, 3.63) is 78.5 Å². The Balaban J connectivity index is 1.91. The van der Waals surface area contributed by atoms with Crippen molar-refractivity contribution in [1.82, 2.24) is 5.32 Å². The van der Waals surface area contributed by atoms with Gasteiger partial charge in [-0.05, 0) is 30.7 Å². The Hall–Kier alpha value is -6.43. The number of rotatable bonds is 20. The topological polar surface area (TPSA) is 148 Å². The summed E-state index contributed by atoms with van der Waals surface area (Å²) in [4.78, 5) is 12.9. The van der Waals surface area contributed by atoms with Gasteiger partial charge in [-0.3, -0.25) is 4.79 Å². The van der Waals surface area contributed by atoms with E-state index in [0.717, 1.165) is 0 Å². The molecule has 0 spiro atoms. The van der Waals surface area contributed by atoms with Crippen molar-refractivity contribution in [2.75, 3.05) is 82.0 Å². The standard InChI is InChI=1S/C43H48N3O10P/c1-28(45-20-12-14-40(47)46-30-17-15-29(16-18-30)13-11-19-44)27-57(41-34(51-5)21-31(48-2)22-35(41)52-6,42-36(53-7)23-32(49-3)24-37(42)54-8)43-38(55-9)25-33(50-4)26-39(43)56-10/h15-18,21-26,45H,1,12,14,20,27H2,2-10H3/p+1. The highest BCUT2D eigenvalue weighted by Crippen LogP contribution is 2.67. The molecule has 0 saturated heterocycles. The summed E-state index contributed by atoms with van der Waals surface area (Å²) in [6.07, 6.45) is 0.954. The van der Waals surface area contributed by atoms with Gasteiger partial charge in [0.25, 0.3) is 0 Å². The van der Waals surface area contributed by atoms with Crippen LogP contribution in [0.2, 0.25) is 0 Å². The van der Waals surface area contributed by atoms with Crippen LogP contribution in [0.25, 0.3) is 0 Å². The molecule has 0 radical (unpaired) electrons. The van der Waals surface area contributed by atoms with Crippen LogP contribution in [0.5, 0.6) is 51.7 Å². The van der Waals surface area contributed by atoms with Crippen LogP contribution in [0.3, 0.4) is 0 Å². The van der Waals surface area contributed by atoms with Gasteiger partial charge in [-0.2, -0.15) is 5.26 Å². The molecule has 300 valence electrons. The molecule has 4 aromatic rings. The fraction of sp³-hybridized carbons (Fsp3) is 0.302. The molecule has 0 aliphatic carbocycles. The Bertz CT molecular complexity index is 1930. The first kappa shape index (κ1) is 43.3. The third kappa shape index (κ3) is 9.69. The van der Waals surface area contributed by atoms with E-state index in [9.17, 15) is 4.79 Å². The van der Waals surface area contributed by atoms with Gasteiger partial charge >= 0.3 is 0 Å². The maximum Gasteiger partial charge on any atom is 0.224 e. The van der Waals surface area contributed by atoms with Crippen molar-refractivity contribution in [3.8, 4) is 69.7 Å². The number of nitrogens with one attached hydrogen (secondary N) is 2. The van der Waals surface area contributed by atoms with Crippen molar-refractivity contribution in [2.24, 2.45) is 0 Å². The number of amides is 1. The number of benzene rings is 4. The van der Waals surface area contributed by atoms with Crippen LogP contribution in [-0.4, -0.2) is 82.6 Å². The number of allylic oxidation sites excluding steroid dienone is 1. The Labute approximate surface area is 335 Å². The van der Waals surface area contributed by atoms with Gasteiger partial charge in [0, 0.05) is 72.2 Å². The minimum absolute atomic E-state index is 0.159. The minimum atomic E-state index is -3.34. The number of hydrogen-bond donors (Lipinski definition) is 2. The number of carbonyl (C=O) groups is 1. The van der Waals surface area contributed by atoms with Gasteiger partial charge in [0.1, 0.15) is 30.7 Å². The molecule has 0 bridgehead atoms. The van der Waals surface area contributed by atoms with Crippen molar-refractivity contribution >= 4 is 34.8 Å². The molecular formula is C43H49N3O10P+. The van der Waals surface area contributed by atoms with Crippen LogP contribution in [-0.2, 0) is 4.79 Å². The van der Waals surface area contributed by atoms with Crippen molar-refractivity contribution < 1.29 is 47.4 Å². The Morgan fingerprint density at radius 1 is 0.632 bits per heavy atom. The lowest BCUT2D eigenvalue weighted by Gasteiger charge is -2.34. The van der Waals surface area contributed by atoms with E-state index in [2.05, 4.69) is 29.1 Å². The second kappa shape index (κ2) is 20.5. The molecular weight excluding hydrogens is 749 g/mol. The summed E-state index contributed by atoms with van der Waals surface area (Å²) < 4.78 is 54.2. The lowest BCUT2D eigenvalue weighted by molar-refractivity contribution is -0.116. The summed E-state index contributed by atoms with van der Waals surface area (Å²) in [5.41, 5.74) is 1.93. The Kier molecular flexibility index (Phi) is 15.6. The van der Waals surface area contributed by atoms with E-state index in [4.69, 9.17) is 47.9 Å². The fourth-order valence-corrected chi connectivity index (χ4v) is 11.5. The van der Waals surface area contributed by atoms with Gasteiger partial charge in [-0.15, -0.1) is 0 Å². The van der Waals surface area contributed by atoms with Gasteiger partial charge in [0.05, 0.1) is 64.0 Å². The number of nitrogens with zero attached hydrogens (tertiary/aromatic N) is 1. The Morgan fingerprint density at radius 3 is 1.35 bits per heavy atom. The number of carbonyl (C=O) groups excluding carboxylic acids is 1. The molecule has 0 saturated carbocycles. The van der Waals surface area contributed by atoms with Crippen LogP contribution < -0.4 is 69.2 Å². The van der Waals surface area contributed by atoms with Gasteiger partial charge in [0.15, 0.2) is 56.5 Å². The maximum atomic E-state index is 12.9. The average Bonchev–Trinajstić information content (AvgIpc) is 3.25. The summed E-state index contributed by atoms with van der Waals surface area (Å²) >= 11 is 0. The SMILES string of the molecule is C=C(C[P+](c1c(OC)cc(OC)cc1OC)(c1c(OC)cc(OC)cc1OC)c1c(OC)cc(OC)cc1OC)NCCCC(=O)Nc1ccc(C#CC#N)cc1. The monoisotopic (exact) mass is 798 g/mol. The summed E-state index contributed by atoms with van der Waals surface area (Å²) in [6, 6.07) is 19.5. The van der Waals surface area contributed by atoms with Gasteiger partial charge in [-0.25, -0.2) is 0 Å². The van der Waals surface area contributed by atoms with E-state index in [1.807, 2.05) is 0 Å². The quantitative estimate of drug-likeness (QED) is 0.0666. The van der Waals surface area contributed by atoms with Crippen molar-refractivity contribution in [2.45, 2.75) is 12.8 Å². The summed E-state index contributed by atoms with van der Waals surface area (Å²) in [5.74, 6) is 9.17. The number of anilines is 1. The van der Waals surface area contributed by atoms with Gasteiger partial charge in [0.2, 0.25) is 5.91 Å². The molecule has 57 heavy (non-hydrogen) atoms. The fourth-order valence-electron chi connectivity index (χ4n) is 6.48. The van der Waals surface area contributed by atoms with Crippen LogP contribution in [0.1, 0.15) is 18.4 Å². The first-order chi connectivity index (χ1) is 27.6. The zero-order valence-electron chi connectivity index (χ0n) is 33.8. The molecule has 0 aliphatic rings. The van der Waals surface area contributed by atoms with Crippen LogP contribution in [0, 0.1) is 23.2 Å². The first-order valence-corrected chi connectivity index (χ1v) is 19.6. The molecule has 4 rings (SSSR count). The minimum Gasteiger partial charge on any atom is -0.496 e. The molecule has 0 aromatic heterocycles. The third-order valence-electron chi connectivity index (χ3n) is 9.03. The summed E-state index contributed by atoms with van der Waals surface area (Å²) in [7, 11) is 10.8. The molecule has 0 atom stereocenters. The van der Waals surface area contributed by atoms with E-state index < -0.39 is 7.26 Å². The predicted molar refractivity (Wildman–Crippen MR) is 223 cm³/mol. The number of methoxy groups -OCH3 is 9. The van der Waals surface area contributed by atoms with E-state index in [0.29, 0.717) is 97.6 Å². The highest BCUT2D eigenvalue weighted by Gasteiger charge is 2.58. The van der Waals surface area contributed by atoms with Crippen molar-refractivity contribution in [1.29, 1.82) is 5.26 Å². The maximum absolute atomic E-state index is 12.9. The van der Waals surface area contributed by atoms with E-state index in [1.54, 1.807) is 131 Å². The summed E-state index contributed by atoms with van der Waals surface area (Å²) in [6.45, 7) is 4.95. The van der Waals surface area contributed by atoms with E-state index >= 15 is 0 Å². The normalized spacial score (nSPS) is 10.5. The summed E-state index contributed by atoms with van der Waals surface area (Å²) in [5, 5.41) is 17.1. The number of ether oxygens (including phenoxy) is 9. The predicted octanol–water partition coefficient (Wildman–Crippen LogP) is 5.46. The van der Waals surface area contributed by atoms with Crippen molar-refractivity contribution in [3.63, 3.8) is 0 Å². The molecule has 0 unspecified atom stereocenters. The Morgan fingerprint density at radius 2 is 1.02 bits per heavy atom. The highest BCUT2D eigenvalue weighted by molar-refractivity contribution is 7.96. The number of nitriles is 1. The third-order valence-corrected chi connectivity index (χ3v) is 13.5. The largest absolute Gasteiger partial charge is 0.496 e. The second-order valence-electron chi connectivity index (χ2n) is 12.2. The zero-order valence-corrected chi connectivity index (χ0v) is 34.7. The average molecular weight is 799 g/mol. The molecule has 14 heteroatoms.